The van der Waals surface area contributed by atoms with Crippen molar-refractivity contribution in [3.05, 3.63) is 52.0 Å². The topological polar surface area (TPSA) is 45.7 Å². The number of anilines is 1. The van der Waals surface area contributed by atoms with Crippen molar-refractivity contribution in [2.45, 2.75) is 13.3 Å². The molecule has 0 unspecified atom stereocenters. The van der Waals surface area contributed by atoms with Crippen molar-refractivity contribution in [3.63, 3.8) is 0 Å². The van der Waals surface area contributed by atoms with Gasteiger partial charge in [-0.1, -0.05) is 40.6 Å². The van der Waals surface area contributed by atoms with Gasteiger partial charge >= 0.3 is 0 Å². The van der Waals surface area contributed by atoms with E-state index in [1.54, 1.807) is 23.1 Å². The van der Waals surface area contributed by atoms with Gasteiger partial charge in [-0.2, -0.15) is 0 Å². The highest BCUT2D eigenvalue weighted by Crippen LogP contribution is 2.31. The molecule has 0 fully saturated rings. The predicted octanol–water partition coefficient (Wildman–Crippen LogP) is 5.70. The molecule has 0 aliphatic heterocycles. The highest BCUT2D eigenvalue weighted by atomic mass is 35.5. The molecule has 0 bridgehead atoms. The molecule has 0 saturated heterocycles. The zero-order valence-electron chi connectivity index (χ0n) is 17.0. The summed E-state index contributed by atoms with van der Waals surface area (Å²) < 4.78 is 6.72. The number of hydrogen-bond donors (Lipinski definition) is 0. The summed E-state index contributed by atoms with van der Waals surface area (Å²) in [6, 6.07) is 11.0. The van der Waals surface area contributed by atoms with Gasteiger partial charge in [0.25, 0.3) is 5.91 Å². The van der Waals surface area contributed by atoms with E-state index in [4.69, 9.17) is 27.9 Å². The van der Waals surface area contributed by atoms with Crippen LogP contribution in [0, 0.1) is 6.92 Å². The number of halogens is 3. The van der Waals surface area contributed by atoms with E-state index < -0.39 is 0 Å². The van der Waals surface area contributed by atoms with Gasteiger partial charge in [-0.3, -0.25) is 9.69 Å². The number of amides is 1. The van der Waals surface area contributed by atoms with Crippen LogP contribution >= 0.6 is 46.9 Å². The third-order valence-electron chi connectivity index (χ3n) is 4.30. The Morgan fingerprint density at radius 3 is 2.60 bits per heavy atom. The predicted molar refractivity (Wildman–Crippen MR) is 129 cm³/mol. The summed E-state index contributed by atoms with van der Waals surface area (Å²) in [7, 11) is 4.02. The van der Waals surface area contributed by atoms with Crippen molar-refractivity contribution in [2.24, 2.45) is 0 Å². The van der Waals surface area contributed by atoms with Crippen molar-refractivity contribution in [1.82, 2.24) is 9.88 Å². The largest absolute Gasteiger partial charge is 0.482 e. The fourth-order valence-electron chi connectivity index (χ4n) is 2.82. The standard InChI is InChI=1S/C21H23Cl2N3O2S.ClH/c1-14-5-7-17-19(11-14)29-21(24-17)26(10-4-9-25(2)3)20(27)13-28-18-8-6-15(22)12-16(18)23;/h5-8,11-12H,4,9-10,13H2,1-3H3;1H. The SMILES string of the molecule is Cc1ccc2nc(N(CCCN(C)C)C(=O)COc3ccc(Cl)cc3Cl)sc2c1.Cl. The quantitative estimate of drug-likeness (QED) is 0.408. The zero-order valence-corrected chi connectivity index (χ0v) is 20.2. The number of thiazole rings is 1. The second-order valence-corrected chi connectivity index (χ2v) is 8.89. The Balaban J connectivity index is 0.00000320. The van der Waals surface area contributed by atoms with Gasteiger partial charge in [0.1, 0.15) is 5.75 Å². The normalized spacial score (nSPS) is 10.9. The molecule has 3 aromatic rings. The van der Waals surface area contributed by atoms with E-state index in [2.05, 4.69) is 16.0 Å². The van der Waals surface area contributed by atoms with Gasteiger partial charge in [0, 0.05) is 11.6 Å². The van der Waals surface area contributed by atoms with E-state index >= 15 is 0 Å². The van der Waals surface area contributed by atoms with Crippen LogP contribution in [0.3, 0.4) is 0 Å². The Morgan fingerprint density at radius 1 is 1.13 bits per heavy atom. The minimum absolute atomic E-state index is 0. The van der Waals surface area contributed by atoms with Crippen molar-refractivity contribution < 1.29 is 9.53 Å². The number of nitrogens with zero attached hydrogens (tertiary/aromatic N) is 3. The molecule has 5 nitrogen and oxygen atoms in total. The molecule has 0 radical (unpaired) electrons. The van der Waals surface area contributed by atoms with Crippen LogP contribution in [-0.4, -0.2) is 49.6 Å². The van der Waals surface area contributed by atoms with Gasteiger partial charge in [0.15, 0.2) is 11.7 Å². The number of ether oxygens (including phenoxy) is 1. The van der Waals surface area contributed by atoms with Crippen LogP contribution < -0.4 is 9.64 Å². The molecule has 0 aliphatic rings. The average molecular weight is 489 g/mol. The van der Waals surface area contributed by atoms with Crippen LogP contribution in [0.15, 0.2) is 36.4 Å². The second-order valence-electron chi connectivity index (χ2n) is 7.03. The van der Waals surface area contributed by atoms with E-state index in [0.29, 0.717) is 27.5 Å². The summed E-state index contributed by atoms with van der Waals surface area (Å²) in [5.41, 5.74) is 2.06. The molecule has 0 atom stereocenters. The lowest BCUT2D eigenvalue weighted by molar-refractivity contribution is -0.120. The first-order valence-corrected chi connectivity index (χ1v) is 10.8. The van der Waals surface area contributed by atoms with E-state index in [-0.39, 0.29) is 24.9 Å². The van der Waals surface area contributed by atoms with Gasteiger partial charge in [-0.15, -0.1) is 12.4 Å². The molecule has 0 saturated carbocycles. The van der Waals surface area contributed by atoms with E-state index in [1.165, 1.54) is 16.9 Å². The van der Waals surface area contributed by atoms with Gasteiger partial charge < -0.3 is 9.64 Å². The molecular weight excluding hydrogens is 465 g/mol. The lowest BCUT2D eigenvalue weighted by Crippen LogP contribution is -2.36. The van der Waals surface area contributed by atoms with E-state index in [0.717, 1.165) is 23.2 Å². The first-order valence-electron chi connectivity index (χ1n) is 9.23. The van der Waals surface area contributed by atoms with Crippen LogP contribution in [0.5, 0.6) is 5.75 Å². The highest BCUT2D eigenvalue weighted by Gasteiger charge is 2.20. The molecule has 162 valence electrons. The van der Waals surface area contributed by atoms with Crippen LogP contribution in [-0.2, 0) is 4.79 Å². The number of fused-ring (bicyclic) bond motifs is 1. The van der Waals surface area contributed by atoms with Gasteiger partial charge in [0.2, 0.25) is 0 Å². The summed E-state index contributed by atoms with van der Waals surface area (Å²) in [5.74, 6) is 0.267. The Labute approximate surface area is 197 Å². The third-order valence-corrected chi connectivity index (χ3v) is 5.87. The molecule has 9 heteroatoms. The molecular formula is C21H24Cl3N3O2S. The second kappa shape index (κ2) is 11.2. The lowest BCUT2D eigenvalue weighted by atomic mass is 10.2. The molecule has 2 aromatic carbocycles. The molecule has 1 amide bonds. The number of benzene rings is 2. The molecule has 1 aromatic heterocycles. The average Bonchev–Trinajstić information content (AvgIpc) is 3.06. The summed E-state index contributed by atoms with van der Waals surface area (Å²) >= 11 is 13.6. The van der Waals surface area contributed by atoms with Gasteiger partial charge in [0.05, 0.1) is 15.2 Å². The van der Waals surface area contributed by atoms with Gasteiger partial charge in [-0.05, 0) is 69.9 Å². The maximum Gasteiger partial charge on any atom is 0.266 e. The molecule has 0 N–H and O–H groups in total. The van der Waals surface area contributed by atoms with Gasteiger partial charge in [-0.25, -0.2) is 4.98 Å². The van der Waals surface area contributed by atoms with Crippen LogP contribution in [0.2, 0.25) is 10.0 Å². The number of hydrogen-bond acceptors (Lipinski definition) is 5. The van der Waals surface area contributed by atoms with Crippen molar-refractivity contribution >= 4 is 68.2 Å². The maximum atomic E-state index is 13.0. The van der Waals surface area contributed by atoms with Crippen molar-refractivity contribution in [3.8, 4) is 5.75 Å². The summed E-state index contributed by atoms with van der Waals surface area (Å²) in [5, 5.41) is 1.57. The minimum Gasteiger partial charge on any atom is -0.482 e. The Bertz CT molecular complexity index is 1010. The third kappa shape index (κ3) is 6.46. The fourth-order valence-corrected chi connectivity index (χ4v) is 4.39. The number of carbonyl (C=O) groups excluding carboxylic acids is 1. The van der Waals surface area contributed by atoms with Crippen LogP contribution in [0.25, 0.3) is 10.2 Å². The Kier molecular flexibility index (Phi) is 9.19. The monoisotopic (exact) mass is 487 g/mol. The van der Waals surface area contributed by atoms with Crippen molar-refractivity contribution in [2.75, 3.05) is 38.7 Å². The van der Waals surface area contributed by atoms with E-state index in [1.807, 2.05) is 33.2 Å². The minimum atomic E-state index is -0.162. The number of carbonyl (C=O) groups is 1. The zero-order chi connectivity index (χ0) is 21.0. The Morgan fingerprint density at radius 2 is 1.90 bits per heavy atom. The summed E-state index contributed by atoms with van der Waals surface area (Å²) in [6.45, 7) is 3.35. The molecule has 0 aliphatic carbocycles. The Hall–Kier alpha value is -1.57. The molecule has 30 heavy (non-hydrogen) atoms. The highest BCUT2D eigenvalue weighted by molar-refractivity contribution is 7.22. The van der Waals surface area contributed by atoms with Crippen LogP contribution in [0.1, 0.15) is 12.0 Å². The number of aromatic nitrogens is 1. The molecule has 0 spiro atoms. The smallest absolute Gasteiger partial charge is 0.266 e. The van der Waals surface area contributed by atoms with E-state index in [9.17, 15) is 4.79 Å². The summed E-state index contributed by atoms with van der Waals surface area (Å²) in [6.07, 6.45) is 0.829. The lowest BCUT2D eigenvalue weighted by Gasteiger charge is -2.21. The maximum absolute atomic E-state index is 13.0. The summed E-state index contributed by atoms with van der Waals surface area (Å²) in [4.78, 5) is 21.5. The van der Waals surface area contributed by atoms with Crippen molar-refractivity contribution in [1.29, 1.82) is 0 Å². The van der Waals surface area contributed by atoms with Crippen LogP contribution in [0.4, 0.5) is 5.13 Å². The fraction of sp³-hybridized carbons (Fsp3) is 0.333. The molecule has 3 rings (SSSR count). The number of rotatable bonds is 8. The molecule has 1 heterocycles. The number of aryl methyl sites for hydroxylation is 1. The first-order chi connectivity index (χ1) is 13.8. The first kappa shape index (κ1) is 24.7.